The fourth-order valence-electron chi connectivity index (χ4n) is 1.98. The Bertz CT molecular complexity index is 831. The third-order valence-corrected chi connectivity index (χ3v) is 4.15. The van der Waals surface area contributed by atoms with Crippen molar-refractivity contribution >= 4 is 17.3 Å². The van der Waals surface area contributed by atoms with Gasteiger partial charge in [0.05, 0.1) is 5.41 Å². The number of benzene rings is 1. The summed E-state index contributed by atoms with van der Waals surface area (Å²) in [5.41, 5.74) is 1.92. The lowest BCUT2D eigenvalue weighted by Crippen LogP contribution is -2.22. The second kappa shape index (κ2) is 6.57. The molecule has 0 unspecified atom stereocenters. The Hall–Kier alpha value is -2.47. The zero-order chi connectivity index (χ0) is 17.2. The minimum absolute atomic E-state index is 0.167. The Labute approximate surface area is 144 Å². The van der Waals surface area contributed by atoms with E-state index in [1.165, 1.54) is 11.3 Å². The molecule has 0 atom stereocenters. The van der Waals surface area contributed by atoms with Crippen molar-refractivity contribution in [2.75, 3.05) is 0 Å². The van der Waals surface area contributed by atoms with Crippen LogP contribution >= 0.6 is 11.3 Å². The van der Waals surface area contributed by atoms with Gasteiger partial charge in [-0.1, -0.05) is 35.5 Å². The molecule has 0 amide bonds. The van der Waals surface area contributed by atoms with Crippen LogP contribution in [-0.4, -0.2) is 16.1 Å². The third-order valence-electron chi connectivity index (χ3n) is 3.32. The van der Waals surface area contributed by atoms with Crippen molar-refractivity contribution in [3.63, 3.8) is 0 Å². The fourth-order valence-corrected chi connectivity index (χ4v) is 2.67. The topological polar surface area (TPSA) is 65.2 Å². The van der Waals surface area contributed by atoms with E-state index in [1.54, 1.807) is 0 Å². The van der Waals surface area contributed by atoms with Gasteiger partial charge >= 0.3 is 5.97 Å². The van der Waals surface area contributed by atoms with Crippen molar-refractivity contribution in [2.45, 2.75) is 27.4 Å². The average Bonchev–Trinajstić information content (AvgIpc) is 3.21. The van der Waals surface area contributed by atoms with Gasteiger partial charge in [-0.3, -0.25) is 4.79 Å². The van der Waals surface area contributed by atoms with Crippen molar-refractivity contribution in [3.05, 3.63) is 46.8 Å². The molecule has 2 aromatic heterocycles. The Morgan fingerprint density at radius 3 is 2.67 bits per heavy atom. The molecular formula is C18H18N2O3S. The van der Waals surface area contributed by atoms with E-state index < -0.39 is 5.41 Å². The van der Waals surface area contributed by atoms with E-state index in [2.05, 4.69) is 10.1 Å². The van der Waals surface area contributed by atoms with E-state index in [1.807, 2.05) is 62.5 Å². The zero-order valence-corrected chi connectivity index (χ0v) is 14.6. The molecule has 2 heterocycles. The zero-order valence-electron chi connectivity index (χ0n) is 13.8. The molecule has 0 aliphatic heterocycles. The molecule has 0 saturated heterocycles. The van der Waals surface area contributed by atoms with Gasteiger partial charge in [0.25, 0.3) is 0 Å². The number of carbonyl (C=O) groups is 1. The smallest absolute Gasteiger partial charge is 0.311 e. The molecule has 24 heavy (non-hydrogen) atoms. The first-order chi connectivity index (χ1) is 11.4. The van der Waals surface area contributed by atoms with E-state index in [4.69, 9.17) is 9.26 Å². The number of esters is 1. The molecule has 3 aromatic rings. The first-order valence-electron chi connectivity index (χ1n) is 7.57. The summed E-state index contributed by atoms with van der Waals surface area (Å²) in [6.45, 7) is 5.63. The largest absolute Gasteiger partial charge is 0.458 e. The molecule has 5 nitrogen and oxygen atoms in total. The number of carbonyl (C=O) groups excluding carboxylic acids is 1. The molecule has 0 radical (unpaired) electrons. The van der Waals surface area contributed by atoms with Crippen LogP contribution in [0.3, 0.4) is 0 Å². The summed E-state index contributed by atoms with van der Waals surface area (Å²) >= 11 is 1.43. The first kappa shape index (κ1) is 16.4. The molecule has 0 aliphatic carbocycles. The molecule has 6 heteroatoms. The number of thiazole rings is 1. The molecule has 0 aliphatic rings. The van der Waals surface area contributed by atoms with Gasteiger partial charge < -0.3 is 9.26 Å². The van der Waals surface area contributed by atoms with Crippen molar-refractivity contribution < 1.29 is 14.1 Å². The minimum atomic E-state index is -0.518. The lowest BCUT2D eigenvalue weighted by molar-refractivity contribution is -0.154. The summed E-state index contributed by atoms with van der Waals surface area (Å²) < 4.78 is 10.7. The molecule has 0 saturated carbocycles. The highest BCUT2D eigenvalue weighted by Gasteiger charge is 2.23. The highest BCUT2D eigenvalue weighted by atomic mass is 32.1. The summed E-state index contributed by atoms with van der Waals surface area (Å²) in [4.78, 5) is 16.3. The Balaban J connectivity index is 1.70. The maximum absolute atomic E-state index is 11.8. The summed E-state index contributed by atoms with van der Waals surface area (Å²) in [6, 6.07) is 11.7. The number of aromatic nitrogens is 2. The molecule has 1 aromatic carbocycles. The van der Waals surface area contributed by atoms with Gasteiger partial charge in [0.1, 0.15) is 23.0 Å². The maximum Gasteiger partial charge on any atom is 0.311 e. The standard InChI is InChI=1S/C18H18N2O3S/c1-18(2,3)17(21)22-10-16-19-14(11-24-16)15-9-13(20-23-15)12-7-5-4-6-8-12/h4-9,11H,10H2,1-3H3. The summed E-state index contributed by atoms with van der Waals surface area (Å²) in [6.07, 6.45) is 0. The summed E-state index contributed by atoms with van der Waals surface area (Å²) in [5.74, 6) is 0.351. The Kier molecular flexibility index (Phi) is 4.49. The normalized spacial score (nSPS) is 11.5. The third kappa shape index (κ3) is 3.71. The first-order valence-corrected chi connectivity index (χ1v) is 8.45. The molecule has 0 fully saturated rings. The monoisotopic (exact) mass is 342 g/mol. The van der Waals surface area contributed by atoms with Crippen LogP contribution in [0.4, 0.5) is 0 Å². The molecule has 0 N–H and O–H groups in total. The summed E-state index contributed by atoms with van der Waals surface area (Å²) in [5, 5.41) is 6.68. The number of rotatable bonds is 4. The molecule has 0 bridgehead atoms. The van der Waals surface area contributed by atoms with Crippen LogP contribution in [0.25, 0.3) is 22.7 Å². The van der Waals surface area contributed by atoms with E-state index in [9.17, 15) is 4.79 Å². The average molecular weight is 342 g/mol. The van der Waals surface area contributed by atoms with Crippen molar-refractivity contribution in [3.8, 4) is 22.7 Å². The van der Waals surface area contributed by atoms with Crippen molar-refractivity contribution in [2.24, 2.45) is 5.41 Å². The molecule has 124 valence electrons. The maximum atomic E-state index is 11.8. The van der Waals surface area contributed by atoms with Gasteiger partial charge in [0, 0.05) is 17.0 Å². The molecular weight excluding hydrogens is 324 g/mol. The molecule has 3 rings (SSSR count). The van der Waals surface area contributed by atoms with Gasteiger partial charge in [-0.05, 0) is 20.8 Å². The van der Waals surface area contributed by atoms with Crippen LogP contribution in [-0.2, 0) is 16.1 Å². The van der Waals surface area contributed by atoms with Crippen LogP contribution < -0.4 is 0 Å². The highest BCUT2D eigenvalue weighted by Crippen LogP contribution is 2.27. The number of hydrogen-bond donors (Lipinski definition) is 0. The van der Waals surface area contributed by atoms with Crippen LogP contribution in [0.15, 0.2) is 46.3 Å². The van der Waals surface area contributed by atoms with Gasteiger partial charge in [-0.25, -0.2) is 4.98 Å². The lowest BCUT2D eigenvalue weighted by Gasteiger charge is -2.15. The minimum Gasteiger partial charge on any atom is -0.458 e. The van der Waals surface area contributed by atoms with E-state index in [0.29, 0.717) is 11.5 Å². The predicted molar refractivity (Wildman–Crippen MR) is 92.3 cm³/mol. The fraction of sp³-hybridized carbons (Fsp3) is 0.278. The van der Waals surface area contributed by atoms with Crippen LogP contribution in [0, 0.1) is 5.41 Å². The van der Waals surface area contributed by atoms with Gasteiger partial charge in [-0.15, -0.1) is 11.3 Å². The van der Waals surface area contributed by atoms with Gasteiger partial charge in [0.15, 0.2) is 5.76 Å². The van der Waals surface area contributed by atoms with Gasteiger partial charge in [0.2, 0.25) is 0 Å². The Morgan fingerprint density at radius 2 is 1.96 bits per heavy atom. The Morgan fingerprint density at radius 1 is 1.21 bits per heavy atom. The highest BCUT2D eigenvalue weighted by molar-refractivity contribution is 7.09. The second-order valence-electron chi connectivity index (χ2n) is 6.40. The number of ether oxygens (including phenoxy) is 1. The van der Waals surface area contributed by atoms with Crippen molar-refractivity contribution in [1.82, 2.24) is 10.1 Å². The molecule has 0 spiro atoms. The summed E-state index contributed by atoms with van der Waals surface area (Å²) in [7, 11) is 0. The quantitative estimate of drug-likeness (QED) is 0.651. The van der Waals surface area contributed by atoms with Crippen LogP contribution in [0.5, 0.6) is 0 Å². The van der Waals surface area contributed by atoms with Gasteiger partial charge in [-0.2, -0.15) is 0 Å². The van der Waals surface area contributed by atoms with Crippen LogP contribution in [0.1, 0.15) is 25.8 Å². The predicted octanol–water partition coefficient (Wildman–Crippen LogP) is 4.55. The van der Waals surface area contributed by atoms with E-state index in [0.717, 1.165) is 16.3 Å². The van der Waals surface area contributed by atoms with E-state index >= 15 is 0 Å². The van der Waals surface area contributed by atoms with Crippen LogP contribution in [0.2, 0.25) is 0 Å². The van der Waals surface area contributed by atoms with E-state index in [-0.39, 0.29) is 12.6 Å². The number of hydrogen-bond acceptors (Lipinski definition) is 6. The number of nitrogens with zero attached hydrogens (tertiary/aromatic N) is 2. The van der Waals surface area contributed by atoms with Crippen molar-refractivity contribution in [1.29, 1.82) is 0 Å². The lowest BCUT2D eigenvalue weighted by atomic mass is 9.97. The SMILES string of the molecule is CC(C)(C)C(=O)OCc1nc(-c2cc(-c3ccccc3)no2)cs1. The second-order valence-corrected chi connectivity index (χ2v) is 7.34.